The Labute approximate surface area is 95.3 Å². The van der Waals surface area contributed by atoms with Crippen LogP contribution in [0.5, 0.6) is 0 Å². The number of alkyl halides is 1. The number of rotatable bonds is 3. The van der Waals surface area contributed by atoms with Gasteiger partial charge in [0.2, 0.25) is 5.95 Å². The van der Waals surface area contributed by atoms with E-state index in [2.05, 4.69) is 36.1 Å². The van der Waals surface area contributed by atoms with Crippen molar-refractivity contribution in [3.8, 4) is 11.4 Å². The summed E-state index contributed by atoms with van der Waals surface area (Å²) in [6, 6.07) is 1.81. The first-order valence-corrected chi connectivity index (χ1v) is 5.60. The Morgan fingerprint density at radius 3 is 3.07 bits per heavy atom. The van der Waals surface area contributed by atoms with E-state index in [9.17, 15) is 0 Å². The first-order chi connectivity index (χ1) is 7.31. The van der Waals surface area contributed by atoms with Gasteiger partial charge in [0.05, 0.1) is 17.6 Å². The first-order valence-electron chi connectivity index (χ1n) is 4.48. The lowest BCUT2D eigenvalue weighted by Gasteiger charge is -2.00. The average Bonchev–Trinajstić information content (AvgIpc) is 2.66. The van der Waals surface area contributed by atoms with Crippen molar-refractivity contribution in [3.05, 3.63) is 24.0 Å². The van der Waals surface area contributed by atoms with Crippen LogP contribution >= 0.6 is 15.9 Å². The minimum Gasteiger partial charge on any atom is -0.368 e. The molecule has 0 radical (unpaired) electrons. The smallest absolute Gasteiger partial charge is 0.220 e. The average molecular weight is 268 g/mol. The van der Waals surface area contributed by atoms with Gasteiger partial charge in [-0.3, -0.25) is 5.10 Å². The molecule has 0 spiro atoms. The Hall–Kier alpha value is -1.43. The van der Waals surface area contributed by atoms with Crippen LogP contribution in [0.3, 0.4) is 0 Å². The standard InChI is InChI=1S/C9H10BrN5/c10-3-1-6-5-13-15-8(6)7-2-4-12-9(11)14-7/h2,4-5H,1,3H2,(H,13,15)(H2,11,12,14). The van der Waals surface area contributed by atoms with Gasteiger partial charge in [-0.2, -0.15) is 5.10 Å². The van der Waals surface area contributed by atoms with Gasteiger partial charge < -0.3 is 5.73 Å². The molecule has 0 saturated heterocycles. The van der Waals surface area contributed by atoms with E-state index in [1.807, 2.05) is 6.07 Å². The van der Waals surface area contributed by atoms with Gasteiger partial charge in [-0.15, -0.1) is 0 Å². The van der Waals surface area contributed by atoms with E-state index in [-0.39, 0.29) is 5.95 Å². The van der Waals surface area contributed by atoms with Crippen LogP contribution in [0.1, 0.15) is 5.56 Å². The highest BCUT2D eigenvalue weighted by molar-refractivity contribution is 9.09. The lowest BCUT2D eigenvalue weighted by atomic mass is 10.1. The zero-order valence-electron chi connectivity index (χ0n) is 7.94. The third kappa shape index (κ3) is 2.15. The predicted molar refractivity (Wildman–Crippen MR) is 61.5 cm³/mol. The van der Waals surface area contributed by atoms with Crippen LogP contribution < -0.4 is 5.73 Å². The fourth-order valence-electron chi connectivity index (χ4n) is 1.34. The zero-order chi connectivity index (χ0) is 10.7. The summed E-state index contributed by atoms with van der Waals surface area (Å²) in [4.78, 5) is 7.99. The number of nitrogens with one attached hydrogen (secondary N) is 1. The van der Waals surface area contributed by atoms with Crippen molar-refractivity contribution in [3.63, 3.8) is 0 Å². The van der Waals surface area contributed by atoms with Gasteiger partial charge in [-0.25, -0.2) is 9.97 Å². The highest BCUT2D eigenvalue weighted by atomic mass is 79.9. The molecule has 2 rings (SSSR count). The number of aromatic nitrogens is 4. The highest BCUT2D eigenvalue weighted by Gasteiger charge is 2.08. The van der Waals surface area contributed by atoms with Gasteiger partial charge in [0.1, 0.15) is 0 Å². The summed E-state index contributed by atoms with van der Waals surface area (Å²) in [5.74, 6) is 0.270. The topological polar surface area (TPSA) is 80.5 Å². The third-order valence-corrected chi connectivity index (χ3v) is 2.41. The quantitative estimate of drug-likeness (QED) is 0.824. The van der Waals surface area contributed by atoms with E-state index >= 15 is 0 Å². The van der Waals surface area contributed by atoms with Crippen molar-refractivity contribution in [1.82, 2.24) is 20.2 Å². The summed E-state index contributed by atoms with van der Waals surface area (Å²) in [5.41, 5.74) is 8.32. The molecule has 0 aromatic carbocycles. The molecule has 0 aliphatic carbocycles. The number of hydrogen-bond donors (Lipinski definition) is 2. The summed E-state index contributed by atoms with van der Waals surface area (Å²) >= 11 is 3.39. The second kappa shape index (κ2) is 4.39. The minimum atomic E-state index is 0.270. The summed E-state index contributed by atoms with van der Waals surface area (Å²) in [6.45, 7) is 0. The van der Waals surface area contributed by atoms with Crippen LogP contribution in [0.2, 0.25) is 0 Å². The molecule has 0 fully saturated rings. The summed E-state index contributed by atoms with van der Waals surface area (Å²) < 4.78 is 0. The molecule has 0 saturated carbocycles. The number of H-pyrrole nitrogens is 1. The first kappa shape index (κ1) is 10.1. The number of aromatic amines is 1. The fourth-order valence-corrected chi connectivity index (χ4v) is 1.76. The molecule has 0 bridgehead atoms. The Bertz CT molecular complexity index is 453. The molecule has 0 amide bonds. The number of halogens is 1. The van der Waals surface area contributed by atoms with E-state index in [0.29, 0.717) is 0 Å². The number of nitrogens with two attached hydrogens (primary N) is 1. The SMILES string of the molecule is Nc1nccc(-c2[nH]ncc2CCBr)n1. The van der Waals surface area contributed by atoms with E-state index in [1.165, 1.54) is 0 Å². The van der Waals surface area contributed by atoms with Crippen LogP contribution in [0.15, 0.2) is 18.5 Å². The molecule has 5 nitrogen and oxygen atoms in total. The Kier molecular flexibility index (Phi) is 2.96. The Morgan fingerprint density at radius 2 is 2.33 bits per heavy atom. The van der Waals surface area contributed by atoms with Crippen molar-refractivity contribution >= 4 is 21.9 Å². The maximum absolute atomic E-state index is 5.52. The monoisotopic (exact) mass is 267 g/mol. The fraction of sp³-hybridized carbons (Fsp3) is 0.222. The highest BCUT2D eigenvalue weighted by Crippen LogP contribution is 2.19. The molecule has 0 aliphatic rings. The van der Waals surface area contributed by atoms with Gasteiger partial charge in [0.15, 0.2) is 0 Å². The lowest BCUT2D eigenvalue weighted by molar-refractivity contribution is 1.08. The summed E-state index contributed by atoms with van der Waals surface area (Å²) in [6.07, 6.45) is 4.33. The normalized spacial score (nSPS) is 10.5. The van der Waals surface area contributed by atoms with E-state index in [1.54, 1.807) is 12.4 Å². The molecule has 0 atom stereocenters. The Morgan fingerprint density at radius 1 is 1.47 bits per heavy atom. The van der Waals surface area contributed by atoms with Crippen LogP contribution in [-0.2, 0) is 6.42 Å². The molecular formula is C9H10BrN5. The second-order valence-electron chi connectivity index (χ2n) is 3.01. The van der Waals surface area contributed by atoms with Crippen LogP contribution in [0.25, 0.3) is 11.4 Å². The second-order valence-corrected chi connectivity index (χ2v) is 3.80. The molecule has 0 aliphatic heterocycles. The van der Waals surface area contributed by atoms with Crippen molar-refractivity contribution in [2.75, 3.05) is 11.1 Å². The molecule has 0 unspecified atom stereocenters. The van der Waals surface area contributed by atoms with E-state index < -0.39 is 0 Å². The molecule has 2 heterocycles. The maximum atomic E-state index is 5.52. The van der Waals surface area contributed by atoms with Gasteiger partial charge in [0, 0.05) is 17.1 Å². The predicted octanol–water partition coefficient (Wildman–Crippen LogP) is 1.39. The third-order valence-electron chi connectivity index (χ3n) is 2.01. The summed E-state index contributed by atoms with van der Waals surface area (Å²) in [7, 11) is 0. The largest absolute Gasteiger partial charge is 0.368 e. The maximum Gasteiger partial charge on any atom is 0.220 e. The van der Waals surface area contributed by atoms with E-state index in [0.717, 1.165) is 28.7 Å². The number of anilines is 1. The molecule has 78 valence electrons. The molecule has 2 aromatic rings. The van der Waals surface area contributed by atoms with Gasteiger partial charge in [-0.05, 0) is 12.5 Å². The minimum absolute atomic E-state index is 0.270. The number of nitrogens with zero attached hydrogens (tertiary/aromatic N) is 3. The number of aryl methyl sites for hydroxylation is 1. The van der Waals surface area contributed by atoms with Gasteiger partial charge in [-0.1, -0.05) is 15.9 Å². The molecular weight excluding hydrogens is 258 g/mol. The van der Waals surface area contributed by atoms with Gasteiger partial charge in [0.25, 0.3) is 0 Å². The summed E-state index contributed by atoms with van der Waals surface area (Å²) in [5, 5.41) is 7.81. The Balaban J connectivity index is 2.40. The molecule has 6 heteroatoms. The van der Waals surface area contributed by atoms with Crippen molar-refractivity contribution < 1.29 is 0 Å². The van der Waals surface area contributed by atoms with Crippen molar-refractivity contribution in [1.29, 1.82) is 0 Å². The number of hydrogen-bond acceptors (Lipinski definition) is 4. The van der Waals surface area contributed by atoms with Gasteiger partial charge >= 0.3 is 0 Å². The molecule has 3 N–H and O–H groups in total. The van der Waals surface area contributed by atoms with Crippen molar-refractivity contribution in [2.24, 2.45) is 0 Å². The van der Waals surface area contributed by atoms with E-state index in [4.69, 9.17) is 5.73 Å². The van der Waals surface area contributed by atoms with Crippen molar-refractivity contribution in [2.45, 2.75) is 6.42 Å². The molecule has 15 heavy (non-hydrogen) atoms. The number of nitrogen functional groups attached to an aromatic ring is 1. The van der Waals surface area contributed by atoms with Crippen LogP contribution in [0, 0.1) is 0 Å². The van der Waals surface area contributed by atoms with Crippen LogP contribution in [-0.4, -0.2) is 25.5 Å². The molecule has 2 aromatic heterocycles. The van der Waals surface area contributed by atoms with Crippen LogP contribution in [0.4, 0.5) is 5.95 Å². The lowest BCUT2D eigenvalue weighted by Crippen LogP contribution is -1.97. The zero-order valence-corrected chi connectivity index (χ0v) is 9.53.